The summed E-state index contributed by atoms with van der Waals surface area (Å²) >= 11 is 0. The minimum Gasteiger partial charge on any atom is -0.491 e. The molecule has 2 aromatic rings. The van der Waals surface area contributed by atoms with Gasteiger partial charge in [-0.2, -0.15) is 0 Å². The van der Waals surface area contributed by atoms with Gasteiger partial charge in [-0.05, 0) is 25.1 Å². The number of benzene rings is 1. The predicted octanol–water partition coefficient (Wildman–Crippen LogP) is 1.85. The Balaban J connectivity index is 2.66. The Morgan fingerprint density at radius 2 is 2.31 bits per heavy atom. The summed E-state index contributed by atoms with van der Waals surface area (Å²) in [5, 5.41) is 9.57. The van der Waals surface area contributed by atoms with Crippen LogP contribution in [-0.2, 0) is 0 Å². The third-order valence-corrected chi connectivity index (χ3v) is 2.30. The number of carboxylic acids is 1. The molecule has 0 fully saturated rings. The Morgan fingerprint density at radius 1 is 1.56 bits per heavy atom. The molecule has 4 N–H and O–H groups in total. The molecule has 0 aliphatic heterocycles. The normalized spacial score (nSPS) is 10.6. The Bertz CT molecular complexity index is 545. The van der Waals surface area contributed by atoms with E-state index in [0.717, 1.165) is 0 Å². The topological polar surface area (TPSA) is 88.3 Å². The lowest BCUT2D eigenvalue weighted by molar-refractivity contribution is 0.0691. The molecule has 0 amide bonds. The molecule has 0 radical (unpaired) electrons. The summed E-state index contributed by atoms with van der Waals surface area (Å²) in [5.74, 6) is -0.471. The first-order chi connectivity index (χ1) is 7.63. The first-order valence-corrected chi connectivity index (χ1v) is 4.90. The maximum absolute atomic E-state index is 10.8. The van der Waals surface area contributed by atoms with Crippen molar-refractivity contribution in [2.45, 2.75) is 6.92 Å². The van der Waals surface area contributed by atoms with Gasteiger partial charge < -0.3 is 20.6 Å². The van der Waals surface area contributed by atoms with Crippen LogP contribution in [0.1, 0.15) is 17.4 Å². The van der Waals surface area contributed by atoms with Crippen LogP contribution in [0.5, 0.6) is 5.75 Å². The molecule has 84 valence electrons. The van der Waals surface area contributed by atoms with E-state index in [1.807, 2.05) is 6.92 Å². The number of rotatable bonds is 3. The smallest absolute Gasteiger partial charge is 0.352 e. The van der Waals surface area contributed by atoms with Crippen molar-refractivity contribution >= 4 is 22.6 Å². The fraction of sp³-hybridized carbons (Fsp3) is 0.182. The maximum Gasteiger partial charge on any atom is 0.352 e. The molecule has 0 saturated heterocycles. The van der Waals surface area contributed by atoms with Crippen molar-refractivity contribution in [2.75, 3.05) is 12.3 Å². The molecule has 0 unspecified atom stereocenters. The van der Waals surface area contributed by atoms with Gasteiger partial charge in [0.05, 0.1) is 12.3 Å². The fourth-order valence-corrected chi connectivity index (χ4v) is 1.61. The van der Waals surface area contributed by atoms with Gasteiger partial charge in [-0.3, -0.25) is 0 Å². The summed E-state index contributed by atoms with van der Waals surface area (Å²) in [5.41, 5.74) is 7.11. The van der Waals surface area contributed by atoms with Gasteiger partial charge in [-0.25, -0.2) is 4.79 Å². The van der Waals surface area contributed by atoms with Crippen LogP contribution < -0.4 is 10.5 Å². The third-order valence-electron chi connectivity index (χ3n) is 2.30. The van der Waals surface area contributed by atoms with Gasteiger partial charge in [0.25, 0.3) is 0 Å². The van der Waals surface area contributed by atoms with E-state index in [1.165, 1.54) is 6.07 Å². The number of aromatic carboxylic acids is 1. The molecule has 1 heterocycles. The Labute approximate surface area is 91.8 Å². The largest absolute Gasteiger partial charge is 0.491 e. The monoisotopic (exact) mass is 220 g/mol. The van der Waals surface area contributed by atoms with E-state index in [0.29, 0.717) is 28.9 Å². The zero-order chi connectivity index (χ0) is 11.7. The summed E-state index contributed by atoms with van der Waals surface area (Å²) in [6.45, 7) is 2.33. The zero-order valence-corrected chi connectivity index (χ0v) is 8.78. The van der Waals surface area contributed by atoms with Crippen molar-refractivity contribution in [3.8, 4) is 5.75 Å². The van der Waals surface area contributed by atoms with Crippen LogP contribution in [0.15, 0.2) is 18.2 Å². The fourth-order valence-electron chi connectivity index (χ4n) is 1.61. The molecule has 16 heavy (non-hydrogen) atoms. The number of nitrogen functional groups attached to an aromatic ring is 1. The summed E-state index contributed by atoms with van der Waals surface area (Å²) in [4.78, 5) is 13.6. The van der Waals surface area contributed by atoms with E-state index in [1.54, 1.807) is 12.1 Å². The van der Waals surface area contributed by atoms with Gasteiger partial charge in [0, 0.05) is 10.9 Å². The van der Waals surface area contributed by atoms with Crippen LogP contribution in [0, 0.1) is 0 Å². The Kier molecular flexibility index (Phi) is 2.44. The summed E-state index contributed by atoms with van der Waals surface area (Å²) in [6, 6.07) is 4.95. The molecule has 0 spiro atoms. The number of aromatic amines is 1. The zero-order valence-electron chi connectivity index (χ0n) is 8.78. The second kappa shape index (κ2) is 3.77. The summed E-state index contributed by atoms with van der Waals surface area (Å²) in [7, 11) is 0. The number of fused-ring (bicyclic) bond motifs is 1. The standard InChI is InChI=1S/C11H12N2O3/c1-2-16-10-6-5-9(11(14)15)13-8(6)4-3-7(10)12/h3-5,13H,2,12H2,1H3,(H,14,15). The van der Waals surface area contributed by atoms with E-state index < -0.39 is 5.97 Å². The van der Waals surface area contributed by atoms with Gasteiger partial charge in [-0.15, -0.1) is 0 Å². The minimum atomic E-state index is -1.00. The quantitative estimate of drug-likeness (QED) is 0.688. The number of carboxylic acid groups (broad SMARTS) is 1. The first-order valence-electron chi connectivity index (χ1n) is 4.90. The molecule has 1 aromatic heterocycles. The van der Waals surface area contributed by atoms with E-state index in [4.69, 9.17) is 15.6 Å². The average molecular weight is 220 g/mol. The first kappa shape index (κ1) is 10.4. The molecule has 2 rings (SSSR count). The lowest BCUT2D eigenvalue weighted by atomic mass is 10.2. The van der Waals surface area contributed by atoms with Gasteiger partial charge in [0.2, 0.25) is 0 Å². The van der Waals surface area contributed by atoms with Crippen LogP contribution >= 0.6 is 0 Å². The number of hydrogen-bond acceptors (Lipinski definition) is 3. The number of carbonyl (C=O) groups is 1. The predicted molar refractivity (Wildman–Crippen MR) is 60.8 cm³/mol. The minimum absolute atomic E-state index is 0.126. The van der Waals surface area contributed by atoms with Crippen LogP contribution in [-0.4, -0.2) is 22.7 Å². The molecule has 5 heteroatoms. The van der Waals surface area contributed by atoms with Gasteiger partial charge >= 0.3 is 5.97 Å². The molecule has 0 saturated carbocycles. The number of aromatic nitrogens is 1. The van der Waals surface area contributed by atoms with Crippen LogP contribution in [0.4, 0.5) is 5.69 Å². The molecular weight excluding hydrogens is 208 g/mol. The van der Waals surface area contributed by atoms with Crippen LogP contribution in [0.3, 0.4) is 0 Å². The second-order valence-corrected chi connectivity index (χ2v) is 3.37. The van der Waals surface area contributed by atoms with Crippen LogP contribution in [0.25, 0.3) is 10.9 Å². The average Bonchev–Trinajstić information content (AvgIpc) is 2.66. The molecular formula is C11H12N2O3. The van der Waals surface area contributed by atoms with Crippen molar-refractivity contribution in [3.05, 3.63) is 23.9 Å². The number of nitrogens with two attached hydrogens (primary N) is 1. The van der Waals surface area contributed by atoms with E-state index in [-0.39, 0.29) is 5.69 Å². The molecule has 5 nitrogen and oxygen atoms in total. The van der Waals surface area contributed by atoms with Crippen molar-refractivity contribution in [1.82, 2.24) is 4.98 Å². The maximum atomic E-state index is 10.8. The molecule has 0 bridgehead atoms. The number of hydrogen-bond donors (Lipinski definition) is 3. The van der Waals surface area contributed by atoms with Gasteiger partial charge in [-0.1, -0.05) is 0 Å². The lowest BCUT2D eigenvalue weighted by Gasteiger charge is -2.07. The van der Waals surface area contributed by atoms with Gasteiger partial charge in [0.1, 0.15) is 5.69 Å². The molecule has 0 atom stereocenters. The SMILES string of the molecule is CCOc1c(N)ccc2[nH]c(C(=O)O)cc12. The van der Waals surface area contributed by atoms with Crippen molar-refractivity contribution < 1.29 is 14.6 Å². The highest BCUT2D eigenvalue weighted by molar-refractivity contribution is 5.98. The third kappa shape index (κ3) is 1.56. The van der Waals surface area contributed by atoms with Crippen LogP contribution in [0.2, 0.25) is 0 Å². The van der Waals surface area contributed by atoms with E-state index >= 15 is 0 Å². The Morgan fingerprint density at radius 3 is 2.94 bits per heavy atom. The van der Waals surface area contributed by atoms with Crippen molar-refractivity contribution in [1.29, 1.82) is 0 Å². The highest BCUT2D eigenvalue weighted by Gasteiger charge is 2.12. The highest BCUT2D eigenvalue weighted by atomic mass is 16.5. The Hall–Kier alpha value is -2.17. The molecule has 1 aromatic carbocycles. The number of ether oxygens (including phenoxy) is 1. The van der Waals surface area contributed by atoms with E-state index in [2.05, 4.69) is 4.98 Å². The molecule has 0 aliphatic carbocycles. The van der Waals surface area contributed by atoms with Crippen molar-refractivity contribution in [3.63, 3.8) is 0 Å². The van der Waals surface area contributed by atoms with Gasteiger partial charge in [0.15, 0.2) is 5.75 Å². The van der Waals surface area contributed by atoms with E-state index in [9.17, 15) is 4.79 Å². The molecule has 0 aliphatic rings. The number of H-pyrrole nitrogens is 1. The summed E-state index contributed by atoms with van der Waals surface area (Å²) in [6.07, 6.45) is 0. The summed E-state index contributed by atoms with van der Waals surface area (Å²) < 4.78 is 5.41. The second-order valence-electron chi connectivity index (χ2n) is 3.37. The lowest BCUT2D eigenvalue weighted by Crippen LogP contribution is -1.96. The highest BCUT2D eigenvalue weighted by Crippen LogP contribution is 2.32. The number of anilines is 1. The van der Waals surface area contributed by atoms with Crippen molar-refractivity contribution in [2.24, 2.45) is 0 Å². The number of nitrogens with one attached hydrogen (secondary N) is 1.